The normalized spacial score (nSPS) is 13.2. The van der Waals surface area contributed by atoms with Crippen LogP contribution in [0.25, 0.3) is 0 Å². The Balaban J connectivity index is 0.00000280. The summed E-state index contributed by atoms with van der Waals surface area (Å²) in [6, 6.07) is 17.8. The van der Waals surface area contributed by atoms with Gasteiger partial charge in [0.05, 0.1) is 24.8 Å². The fraction of sp³-hybridized carbons (Fsp3) is 0.364. The van der Waals surface area contributed by atoms with E-state index in [-0.39, 0.29) is 24.0 Å². The summed E-state index contributed by atoms with van der Waals surface area (Å²) < 4.78 is 5.98. The molecule has 28 heavy (non-hydrogen) atoms. The molecule has 0 atom stereocenters. The third kappa shape index (κ3) is 7.04. The van der Waals surface area contributed by atoms with Crippen molar-refractivity contribution in [2.24, 2.45) is 10.9 Å². The third-order valence-corrected chi connectivity index (χ3v) is 4.41. The van der Waals surface area contributed by atoms with Crippen LogP contribution in [0.3, 0.4) is 0 Å². The van der Waals surface area contributed by atoms with Gasteiger partial charge >= 0.3 is 0 Å². The van der Waals surface area contributed by atoms with Crippen molar-refractivity contribution < 1.29 is 4.74 Å². The highest BCUT2D eigenvalue weighted by Gasteiger charge is 2.22. The molecule has 0 saturated heterocycles. The molecule has 0 aromatic heterocycles. The Labute approximate surface area is 184 Å². The quantitative estimate of drug-likeness (QED) is 0.330. The maximum absolute atomic E-state index is 9.02. The summed E-state index contributed by atoms with van der Waals surface area (Å²) >= 11 is 0. The Kier molecular flexibility index (Phi) is 9.08. The SMILES string of the molecule is CCNC(=NCc1cccc(C#N)c1)NCc1ccccc1OCC1CC1.I. The molecule has 0 bridgehead atoms. The number of nitrogens with one attached hydrogen (secondary N) is 2. The first-order valence-electron chi connectivity index (χ1n) is 9.50. The summed E-state index contributed by atoms with van der Waals surface area (Å²) in [5.74, 6) is 2.42. The first-order valence-corrected chi connectivity index (χ1v) is 9.50. The standard InChI is InChI=1S/C22H26N4O.HI/c1-2-24-22(25-14-19-7-5-6-18(12-19)13-23)26-15-20-8-3-4-9-21(20)27-16-17-10-11-17;/h3-9,12,17H,2,10-11,14-16H2,1H3,(H2,24,25,26);1H. The van der Waals surface area contributed by atoms with Crippen LogP contribution >= 0.6 is 24.0 Å². The average Bonchev–Trinajstić information content (AvgIpc) is 3.54. The summed E-state index contributed by atoms with van der Waals surface area (Å²) in [6.45, 7) is 4.79. The van der Waals surface area contributed by atoms with Gasteiger partial charge in [0.1, 0.15) is 5.75 Å². The Morgan fingerprint density at radius 1 is 1.18 bits per heavy atom. The number of halogens is 1. The lowest BCUT2D eigenvalue weighted by molar-refractivity contribution is 0.296. The van der Waals surface area contributed by atoms with Crippen LogP contribution < -0.4 is 15.4 Å². The second-order valence-electron chi connectivity index (χ2n) is 6.72. The number of hydrogen-bond acceptors (Lipinski definition) is 3. The van der Waals surface area contributed by atoms with Crippen molar-refractivity contribution in [2.75, 3.05) is 13.2 Å². The van der Waals surface area contributed by atoms with Crippen molar-refractivity contribution in [3.8, 4) is 11.8 Å². The molecule has 1 fully saturated rings. The summed E-state index contributed by atoms with van der Waals surface area (Å²) in [6.07, 6.45) is 2.56. The molecule has 0 amide bonds. The zero-order valence-electron chi connectivity index (χ0n) is 16.1. The van der Waals surface area contributed by atoms with Gasteiger partial charge in [0, 0.05) is 18.7 Å². The zero-order chi connectivity index (χ0) is 18.9. The van der Waals surface area contributed by atoms with Crippen LogP contribution in [0.5, 0.6) is 5.75 Å². The van der Waals surface area contributed by atoms with Gasteiger partial charge in [0.25, 0.3) is 0 Å². The van der Waals surface area contributed by atoms with E-state index in [1.807, 2.05) is 43.3 Å². The van der Waals surface area contributed by atoms with Crippen molar-refractivity contribution in [1.82, 2.24) is 10.6 Å². The Morgan fingerprint density at radius 2 is 2.00 bits per heavy atom. The number of aliphatic imine (C=N–C) groups is 1. The van der Waals surface area contributed by atoms with Crippen LogP contribution in [0.2, 0.25) is 0 Å². The van der Waals surface area contributed by atoms with Gasteiger partial charge < -0.3 is 15.4 Å². The summed E-state index contributed by atoms with van der Waals surface area (Å²) in [4.78, 5) is 4.63. The molecule has 0 spiro atoms. The molecule has 0 heterocycles. The molecular formula is C22H27IN4O. The van der Waals surface area contributed by atoms with E-state index in [0.29, 0.717) is 18.7 Å². The Hall–Kier alpha value is -2.27. The third-order valence-electron chi connectivity index (χ3n) is 4.41. The Bertz CT molecular complexity index is 827. The van der Waals surface area contributed by atoms with Gasteiger partial charge in [-0.1, -0.05) is 30.3 Å². The average molecular weight is 490 g/mol. The lowest BCUT2D eigenvalue weighted by Gasteiger charge is -2.14. The second kappa shape index (κ2) is 11.5. The van der Waals surface area contributed by atoms with Crippen LogP contribution in [0, 0.1) is 17.2 Å². The number of hydrogen-bond donors (Lipinski definition) is 2. The lowest BCUT2D eigenvalue weighted by atomic mass is 10.1. The van der Waals surface area contributed by atoms with Crippen LogP contribution in [-0.4, -0.2) is 19.1 Å². The van der Waals surface area contributed by atoms with E-state index in [2.05, 4.69) is 27.8 Å². The molecule has 0 radical (unpaired) electrons. The maximum Gasteiger partial charge on any atom is 0.191 e. The van der Waals surface area contributed by atoms with Crippen molar-refractivity contribution in [3.63, 3.8) is 0 Å². The van der Waals surface area contributed by atoms with Crippen molar-refractivity contribution >= 4 is 29.9 Å². The minimum absolute atomic E-state index is 0. The highest BCUT2D eigenvalue weighted by molar-refractivity contribution is 14.0. The minimum Gasteiger partial charge on any atom is -0.493 e. The summed E-state index contributed by atoms with van der Waals surface area (Å²) in [5, 5.41) is 15.7. The smallest absolute Gasteiger partial charge is 0.191 e. The van der Waals surface area contributed by atoms with Crippen LogP contribution in [0.4, 0.5) is 0 Å². The largest absolute Gasteiger partial charge is 0.493 e. The predicted octanol–water partition coefficient (Wildman–Crippen LogP) is 4.22. The van der Waals surface area contributed by atoms with Gasteiger partial charge in [0.2, 0.25) is 0 Å². The second-order valence-corrected chi connectivity index (χ2v) is 6.72. The molecule has 148 valence electrons. The van der Waals surface area contributed by atoms with E-state index in [9.17, 15) is 0 Å². The van der Waals surface area contributed by atoms with Gasteiger partial charge in [-0.2, -0.15) is 5.26 Å². The monoisotopic (exact) mass is 490 g/mol. The number of para-hydroxylation sites is 1. The topological polar surface area (TPSA) is 69.4 Å². The molecule has 0 aliphatic heterocycles. The highest BCUT2D eigenvalue weighted by atomic mass is 127. The molecule has 1 aliphatic rings. The molecule has 1 saturated carbocycles. The van der Waals surface area contributed by atoms with E-state index in [4.69, 9.17) is 10.00 Å². The molecule has 2 N–H and O–H groups in total. The molecule has 3 rings (SSSR count). The number of rotatable bonds is 8. The van der Waals surface area contributed by atoms with Gasteiger partial charge in [-0.15, -0.1) is 24.0 Å². The Morgan fingerprint density at radius 3 is 2.75 bits per heavy atom. The van der Waals surface area contributed by atoms with E-state index in [1.54, 1.807) is 6.07 Å². The predicted molar refractivity (Wildman–Crippen MR) is 123 cm³/mol. The van der Waals surface area contributed by atoms with Crippen LogP contribution in [0.15, 0.2) is 53.5 Å². The minimum atomic E-state index is 0. The fourth-order valence-corrected chi connectivity index (χ4v) is 2.71. The molecule has 0 unspecified atom stereocenters. The highest BCUT2D eigenvalue weighted by Crippen LogP contribution is 2.30. The first-order chi connectivity index (χ1) is 13.3. The van der Waals surface area contributed by atoms with Gasteiger partial charge in [-0.25, -0.2) is 4.99 Å². The summed E-state index contributed by atoms with van der Waals surface area (Å²) in [5.41, 5.74) is 2.79. The van der Waals surface area contributed by atoms with E-state index < -0.39 is 0 Å². The van der Waals surface area contributed by atoms with Gasteiger partial charge in [0.15, 0.2) is 5.96 Å². The fourth-order valence-electron chi connectivity index (χ4n) is 2.71. The van der Waals surface area contributed by atoms with Gasteiger partial charge in [-0.05, 0) is 49.4 Å². The van der Waals surface area contributed by atoms with E-state index >= 15 is 0 Å². The van der Waals surface area contributed by atoms with E-state index in [0.717, 1.165) is 41.9 Å². The van der Waals surface area contributed by atoms with Crippen molar-refractivity contribution in [1.29, 1.82) is 5.26 Å². The molecule has 1 aliphatic carbocycles. The number of benzene rings is 2. The van der Waals surface area contributed by atoms with Gasteiger partial charge in [-0.3, -0.25) is 0 Å². The van der Waals surface area contributed by atoms with E-state index in [1.165, 1.54) is 12.8 Å². The molecule has 2 aromatic rings. The maximum atomic E-state index is 9.02. The molecular weight excluding hydrogens is 463 g/mol. The lowest BCUT2D eigenvalue weighted by Crippen LogP contribution is -2.36. The number of nitriles is 1. The van der Waals surface area contributed by atoms with Crippen LogP contribution in [0.1, 0.15) is 36.5 Å². The first kappa shape index (κ1) is 22.0. The number of nitrogens with zero attached hydrogens (tertiary/aromatic N) is 2. The molecule has 2 aromatic carbocycles. The van der Waals surface area contributed by atoms with Crippen molar-refractivity contribution in [3.05, 3.63) is 65.2 Å². The number of guanidine groups is 1. The summed E-state index contributed by atoms with van der Waals surface area (Å²) in [7, 11) is 0. The number of ether oxygens (including phenoxy) is 1. The zero-order valence-corrected chi connectivity index (χ0v) is 18.5. The molecule has 6 heteroatoms. The molecule has 5 nitrogen and oxygen atoms in total. The van der Waals surface area contributed by atoms with Crippen LogP contribution in [-0.2, 0) is 13.1 Å². The van der Waals surface area contributed by atoms with Crippen molar-refractivity contribution in [2.45, 2.75) is 32.9 Å².